The second-order valence-corrected chi connectivity index (χ2v) is 9.61. The summed E-state index contributed by atoms with van der Waals surface area (Å²) in [6.07, 6.45) is 8.28. The van der Waals surface area contributed by atoms with Gasteiger partial charge in [-0.3, -0.25) is 9.67 Å². The van der Waals surface area contributed by atoms with Crippen molar-refractivity contribution in [3.63, 3.8) is 0 Å². The van der Waals surface area contributed by atoms with E-state index in [1.54, 1.807) is 23.4 Å². The lowest BCUT2D eigenvalue weighted by Gasteiger charge is -2.34. The van der Waals surface area contributed by atoms with E-state index in [1.165, 1.54) is 0 Å². The monoisotopic (exact) mass is 516 g/mol. The molecule has 0 radical (unpaired) electrons. The van der Waals surface area contributed by atoms with E-state index in [9.17, 15) is 4.79 Å². The second-order valence-electron chi connectivity index (χ2n) is 9.24. The third-order valence-corrected chi connectivity index (χ3v) is 7.02. The van der Waals surface area contributed by atoms with Crippen molar-refractivity contribution in [2.75, 3.05) is 6.54 Å². The zero-order valence-corrected chi connectivity index (χ0v) is 20.9. The molecule has 3 N–H and O–H groups in total. The van der Waals surface area contributed by atoms with Crippen molar-refractivity contribution in [1.82, 2.24) is 34.6 Å². The molecule has 0 aliphatic carbocycles. The Morgan fingerprint density at radius 1 is 1.19 bits per heavy atom. The van der Waals surface area contributed by atoms with Gasteiger partial charge in [-0.15, -0.1) is 0 Å². The van der Waals surface area contributed by atoms with Crippen LogP contribution in [0.25, 0.3) is 33.3 Å². The molecule has 3 aromatic heterocycles. The molecule has 11 heteroatoms. The summed E-state index contributed by atoms with van der Waals surface area (Å²) < 4.78 is 7.91. The van der Waals surface area contributed by atoms with Crippen molar-refractivity contribution >= 4 is 39.7 Å². The van der Waals surface area contributed by atoms with Crippen molar-refractivity contribution in [1.29, 1.82) is 0 Å². The van der Waals surface area contributed by atoms with Gasteiger partial charge in [0, 0.05) is 24.4 Å². The number of rotatable bonds is 5. The predicted octanol–water partition coefficient (Wildman–Crippen LogP) is 5.06. The summed E-state index contributed by atoms with van der Waals surface area (Å²) in [5.74, 6) is 1.96. The minimum atomic E-state index is -0.385. The summed E-state index contributed by atoms with van der Waals surface area (Å²) in [5.41, 5.74) is 9.97. The third kappa shape index (κ3) is 4.55. The molecule has 5 aromatic rings. The molecule has 1 saturated heterocycles. The van der Waals surface area contributed by atoms with Gasteiger partial charge in [0.05, 0.1) is 47.2 Å². The lowest BCUT2D eigenvalue weighted by molar-refractivity contribution is 0.147. The Kier molecular flexibility index (Phi) is 5.88. The van der Waals surface area contributed by atoms with E-state index < -0.39 is 0 Å². The van der Waals surface area contributed by atoms with E-state index >= 15 is 0 Å². The SMILES string of the molecule is Cc1nc2ccc(Oc3ccc4ncc(-c5cnn(CC6CCCCN6C(N)=O)c5)nc4c3Cl)cc2[nH]1. The number of carbonyl (C=O) groups excluding carboxylic acids is 1. The van der Waals surface area contributed by atoms with Crippen molar-refractivity contribution in [2.45, 2.75) is 38.8 Å². The molecule has 2 aromatic carbocycles. The number of carbonyl (C=O) groups is 1. The van der Waals surface area contributed by atoms with Gasteiger partial charge in [0.15, 0.2) is 0 Å². The van der Waals surface area contributed by atoms with Crippen LogP contribution in [0.3, 0.4) is 0 Å². The Bertz CT molecular complexity index is 1630. The van der Waals surface area contributed by atoms with Gasteiger partial charge in [-0.05, 0) is 50.5 Å². The van der Waals surface area contributed by atoms with Crippen LogP contribution in [0.2, 0.25) is 5.02 Å². The largest absolute Gasteiger partial charge is 0.456 e. The number of benzene rings is 2. The number of nitrogens with zero attached hydrogens (tertiary/aromatic N) is 6. The van der Waals surface area contributed by atoms with Crippen LogP contribution in [0.4, 0.5) is 4.79 Å². The maximum atomic E-state index is 11.8. The van der Waals surface area contributed by atoms with Crippen molar-refractivity contribution < 1.29 is 9.53 Å². The molecule has 1 aliphatic rings. The first-order valence-electron chi connectivity index (χ1n) is 12.1. The number of nitrogens with one attached hydrogen (secondary N) is 1. The second kappa shape index (κ2) is 9.36. The van der Waals surface area contributed by atoms with E-state index in [2.05, 4.69) is 20.1 Å². The fraction of sp³-hybridized carbons (Fsp3) is 0.269. The van der Waals surface area contributed by atoms with Crippen LogP contribution in [0.1, 0.15) is 25.1 Å². The van der Waals surface area contributed by atoms with E-state index in [1.807, 2.05) is 42.1 Å². The smallest absolute Gasteiger partial charge is 0.315 e. The van der Waals surface area contributed by atoms with Gasteiger partial charge in [0.2, 0.25) is 0 Å². The molecule has 0 bridgehead atoms. The number of nitrogens with two attached hydrogens (primary N) is 1. The van der Waals surface area contributed by atoms with E-state index in [4.69, 9.17) is 27.1 Å². The number of primary amides is 1. The van der Waals surface area contributed by atoms with Crippen LogP contribution in [-0.4, -0.2) is 53.2 Å². The number of aromatic nitrogens is 6. The van der Waals surface area contributed by atoms with Crippen LogP contribution in [-0.2, 0) is 6.54 Å². The molecule has 37 heavy (non-hydrogen) atoms. The topological polar surface area (TPSA) is 128 Å². The highest BCUT2D eigenvalue weighted by atomic mass is 35.5. The molecule has 1 fully saturated rings. The number of aromatic amines is 1. The fourth-order valence-corrected chi connectivity index (χ4v) is 5.08. The highest BCUT2D eigenvalue weighted by molar-refractivity contribution is 6.36. The minimum Gasteiger partial charge on any atom is -0.456 e. The Morgan fingerprint density at radius 3 is 2.92 bits per heavy atom. The molecule has 1 aliphatic heterocycles. The quantitative estimate of drug-likeness (QED) is 0.336. The Labute approximate surface area is 217 Å². The predicted molar refractivity (Wildman–Crippen MR) is 141 cm³/mol. The number of halogens is 1. The van der Waals surface area contributed by atoms with E-state index in [0.29, 0.717) is 46.3 Å². The molecule has 2 amide bonds. The van der Waals surface area contributed by atoms with Crippen LogP contribution in [0.15, 0.2) is 48.9 Å². The zero-order valence-electron chi connectivity index (χ0n) is 20.2. The molecule has 0 spiro atoms. The van der Waals surface area contributed by atoms with Gasteiger partial charge in [-0.2, -0.15) is 5.10 Å². The van der Waals surface area contributed by atoms with Crippen LogP contribution in [0.5, 0.6) is 11.5 Å². The molecule has 1 atom stereocenters. The van der Waals surface area contributed by atoms with E-state index in [-0.39, 0.29) is 12.1 Å². The number of likely N-dealkylation sites (tertiary alicyclic amines) is 1. The van der Waals surface area contributed by atoms with Crippen LogP contribution in [0, 0.1) is 6.92 Å². The Hall–Kier alpha value is -4.18. The lowest BCUT2D eigenvalue weighted by atomic mass is 10.0. The van der Waals surface area contributed by atoms with Gasteiger partial charge in [-0.1, -0.05) is 11.6 Å². The van der Waals surface area contributed by atoms with Crippen molar-refractivity contribution in [3.8, 4) is 22.8 Å². The molecular weight excluding hydrogens is 492 g/mol. The number of aryl methyl sites for hydroxylation is 1. The number of hydrogen-bond donors (Lipinski definition) is 2. The lowest BCUT2D eigenvalue weighted by Crippen LogP contribution is -2.48. The molecule has 6 rings (SSSR count). The zero-order chi connectivity index (χ0) is 25.5. The number of imidazole rings is 1. The van der Waals surface area contributed by atoms with Gasteiger partial charge in [0.25, 0.3) is 0 Å². The summed E-state index contributed by atoms with van der Waals surface area (Å²) in [5, 5.41) is 4.86. The molecule has 0 saturated carbocycles. The maximum absolute atomic E-state index is 11.8. The van der Waals surface area contributed by atoms with Crippen molar-refractivity contribution in [2.24, 2.45) is 5.73 Å². The summed E-state index contributed by atoms with van der Waals surface area (Å²) >= 11 is 6.74. The standard InChI is InChI=1S/C26H25ClN8O2/c1-15-31-19-6-5-18(10-21(19)32-15)37-23-8-7-20-25(24(23)27)33-22(12-29-20)16-11-30-34(13-16)14-17-4-2-3-9-35(17)26(28)36/h5-8,10-13,17H,2-4,9,14H2,1H3,(H2,28,36)(H,31,32). The summed E-state index contributed by atoms with van der Waals surface area (Å²) in [4.78, 5) is 30.5. The molecular formula is C26H25ClN8O2. The average Bonchev–Trinajstić information content (AvgIpc) is 3.51. The summed E-state index contributed by atoms with van der Waals surface area (Å²) in [6.45, 7) is 3.16. The molecule has 4 heterocycles. The first kappa shape index (κ1) is 23.2. The Balaban J connectivity index is 1.26. The number of urea groups is 1. The normalized spacial score (nSPS) is 15.9. The highest BCUT2D eigenvalue weighted by Crippen LogP contribution is 2.35. The number of fused-ring (bicyclic) bond motifs is 2. The number of hydrogen-bond acceptors (Lipinski definition) is 6. The van der Waals surface area contributed by atoms with Crippen molar-refractivity contribution in [3.05, 3.63) is 59.8 Å². The summed E-state index contributed by atoms with van der Waals surface area (Å²) in [7, 11) is 0. The first-order valence-corrected chi connectivity index (χ1v) is 12.5. The fourth-order valence-electron chi connectivity index (χ4n) is 4.84. The number of H-pyrrole nitrogens is 1. The van der Waals surface area contributed by atoms with Crippen LogP contribution >= 0.6 is 11.6 Å². The molecule has 10 nitrogen and oxygen atoms in total. The van der Waals surface area contributed by atoms with E-state index in [0.717, 1.165) is 41.7 Å². The number of amides is 2. The highest BCUT2D eigenvalue weighted by Gasteiger charge is 2.25. The van der Waals surface area contributed by atoms with Gasteiger partial charge < -0.3 is 20.4 Å². The summed E-state index contributed by atoms with van der Waals surface area (Å²) in [6, 6.07) is 8.90. The number of ether oxygens (including phenoxy) is 1. The third-order valence-electron chi connectivity index (χ3n) is 6.65. The first-order chi connectivity index (χ1) is 17.9. The maximum Gasteiger partial charge on any atom is 0.315 e. The van der Waals surface area contributed by atoms with Crippen LogP contribution < -0.4 is 10.5 Å². The van der Waals surface area contributed by atoms with Gasteiger partial charge >= 0.3 is 6.03 Å². The molecule has 188 valence electrons. The Morgan fingerprint density at radius 2 is 2.05 bits per heavy atom. The van der Waals surface area contributed by atoms with Gasteiger partial charge in [-0.25, -0.2) is 14.8 Å². The molecule has 1 unspecified atom stereocenters. The minimum absolute atomic E-state index is 0.0285. The average molecular weight is 517 g/mol. The number of piperidine rings is 1. The van der Waals surface area contributed by atoms with Gasteiger partial charge in [0.1, 0.15) is 27.9 Å².